The summed E-state index contributed by atoms with van der Waals surface area (Å²) in [7, 11) is 0. The molecule has 4 atom stereocenters. The second-order valence-corrected chi connectivity index (χ2v) is 12.0. The maximum absolute atomic E-state index is 10.8. The van der Waals surface area contributed by atoms with Gasteiger partial charge in [0.15, 0.2) is 0 Å². The minimum atomic E-state index is -0.725. The Morgan fingerprint density at radius 3 is 2.56 bits per heavy atom. The lowest BCUT2D eigenvalue weighted by Crippen LogP contribution is -2.15. The molecule has 0 saturated carbocycles. The van der Waals surface area contributed by atoms with Crippen LogP contribution < -0.4 is 0 Å². The molecule has 3 N–H and O–H groups in total. The maximum atomic E-state index is 10.8. The van der Waals surface area contributed by atoms with Crippen LogP contribution in [0.2, 0.25) is 0 Å². The summed E-state index contributed by atoms with van der Waals surface area (Å²) in [5.74, 6) is 0.688. The summed E-state index contributed by atoms with van der Waals surface area (Å²) in [6.07, 6.45) is 13.0. The summed E-state index contributed by atoms with van der Waals surface area (Å²) >= 11 is 1.83. The van der Waals surface area contributed by atoms with Crippen LogP contribution in [0.15, 0.2) is 22.6 Å². The zero-order valence-corrected chi connectivity index (χ0v) is 21.9. The highest BCUT2D eigenvalue weighted by atomic mass is 32.2. The van der Waals surface area contributed by atoms with E-state index in [-0.39, 0.29) is 17.8 Å². The quantitative estimate of drug-likeness (QED) is 0.169. The highest BCUT2D eigenvalue weighted by Gasteiger charge is 2.32. The van der Waals surface area contributed by atoms with Gasteiger partial charge in [-0.1, -0.05) is 78.0 Å². The van der Waals surface area contributed by atoms with E-state index in [0.29, 0.717) is 5.92 Å². The molecule has 4 nitrogen and oxygen atoms in total. The van der Waals surface area contributed by atoms with Crippen molar-refractivity contribution in [2.45, 2.75) is 117 Å². The topological polar surface area (TPSA) is 77.8 Å². The van der Waals surface area contributed by atoms with Crippen LogP contribution in [0.25, 0.3) is 0 Å². The fourth-order valence-corrected chi connectivity index (χ4v) is 5.59. The van der Waals surface area contributed by atoms with Gasteiger partial charge < -0.3 is 15.3 Å². The smallest absolute Gasteiger partial charge is 0.303 e. The van der Waals surface area contributed by atoms with E-state index in [1.54, 1.807) is 0 Å². The third-order valence-corrected chi connectivity index (χ3v) is 7.59. The van der Waals surface area contributed by atoms with E-state index in [9.17, 15) is 15.0 Å². The molecule has 0 fully saturated rings. The predicted molar refractivity (Wildman–Crippen MR) is 137 cm³/mol. The molecule has 0 aromatic rings. The average molecular weight is 469 g/mol. The van der Waals surface area contributed by atoms with E-state index in [1.165, 1.54) is 23.3 Å². The zero-order valence-electron chi connectivity index (χ0n) is 21.1. The second-order valence-electron chi connectivity index (χ2n) is 10.8. The van der Waals surface area contributed by atoms with Crippen molar-refractivity contribution >= 4 is 17.7 Å². The fourth-order valence-electron chi connectivity index (χ4n) is 4.20. The van der Waals surface area contributed by atoms with Crippen molar-refractivity contribution in [1.82, 2.24) is 0 Å². The molecular formula is C27H48O4S. The van der Waals surface area contributed by atoms with Gasteiger partial charge in [-0.3, -0.25) is 4.79 Å². The molecule has 0 aromatic heterocycles. The van der Waals surface area contributed by atoms with Gasteiger partial charge in [-0.25, -0.2) is 0 Å². The monoisotopic (exact) mass is 468 g/mol. The molecule has 186 valence electrons. The Hall–Kier alpha value is -0.780. The first kappa shape index (κ1) is 29.3. The number of carboxylic acid groups (broad SMARTS) is 1. The van der Waals surface area contributed by atoms with Gasteiger partial charge in [-0.2, -0.15) is 0 Å². The Balaban J connectivity index is 2.76. The van der Waals surface area contributed by atoms with Crippen molar-refractivity contribution in [3.63, 3.8) is 0 Å². The lowest BCUT2D eigenvalue weighted by atomic mass is 9.88. The van der Waals surface area contributed by atoms with Gasteiger partial charge in [0.05, 0.1) is 12.2 Å². The molecule has 0 heterocycles. The molecule has 0 aromatic carbocycles. The number of hydrogen-bond acceptors (Lipinski definition) is 4. The number of unbranched alkanes of at least 4 members (excludes halogenated alkanes) is 3. The normalized spacial score (nSPS) is 21.5. The van der Waals surface area contributed by atoms with E-state index >= 15 is 0 Å². The predicted octanol–water partition coefficient (Wildman–Crippen LogP) is 6.96. The molecule has 0 spiro atoms. The second kappa shape index (κ2) is 15.2. The third kappa shape index (κ3) is 12.5. The number of aliphatic carboxylic acids is 1. The number of rotatable bonds is 16. The Bertz CT molecular complexity index is 605. The fraction of sp³-hybridized carbons (Fsp3) is 0.815. The molecule has 0 saturated heterocycles. The van der Waals surface area contributed by atoms with Crippen LogP contribution in [0, 0.1) is 17.3 Å². The van der Waals surface area contributed by atoms with Crippen molar-refractivity contribution in [1.29, 1.82) is 0 Å². The van der Waals surface area contributed by atoms with E-state index < -0.39 is 18.2 Å². The Morgan fingerprint density at radius 1 is 1.22 bits per heavy atom. The van der Waals surface area contributed by atoms with E-state index in [0.717, 1.165) is 57.1 Å². The number of thioether (sulfide) groups is 1. The summed E-state index contributed by atoms with van der Waals surface area (Å²) in [5, 5.41) is 30.1. The van der Waals surface area contributed by atoms with Gasteiger partial charge in [-0.05, 0) is 60.5 Å². The minimum absolute atomic E-state index is 0.0328. The number of hydrogen-bond donors (Lipinski definition) is 3. The molecule has 1 aliphatic rings. The van der Waals surface area contributed by atoms with Gasteiger partial charge in [0, 0.05) is 12.3 Å². The first-order valence-electron chi connectivity index (χ1n) is 12.6. The number of aliphatic hydroxyl groups excluding tert-OH is 2. The van der Waals surface area contributed by atoms with E-state index in [2.05, 4.69) is 34.6 Å². The van der Waals surface area contributed by atoms with Crippen molar-refractivity contribution in [2.75, 3.05) is 5.75 Å². The van der Waals surface area contributed by atoms with Gasteiger partial charge >= 0.3 is 5.97 Å². The van der Waals surface area contributed by atoms with Crippen molar-refractivity contribution in [3.05, 3.63) is 22.6 Å². The lowest BCUT2D eigenvalue weighted by molar-refractivity contribution is -0.137. The highest BCUT2D eigenvalue weighted by molar-refractivity contribution is 8.03. The molecule has 0 unspecified atom stereocenters. The van der Waals surface area contributed by atoms with E-state index in [4.69, 9.17) is 5.11 Å². The van der Waals surface area contributed by atoms with Crippen LogP contribution in [0.1, 0.15) is 105 Å². The molecule has 1 aliphatic carbocycles. The Morgan fingerprint density at radius 2 is 1.94 bits per heavy atom. The van der Waals surface area contributed by atoms with Crippen LogP contribution >= 0.6 is 11.8 Å². The molecule has 0 radical (unpaired) electrons. The molecule has 32 heavy (non-hydrogen) atoms. The molecule has 5 heteroatoms. The van der Waals surface area contributed by atoms with Crippen LogP contribution in [0.4, 0.5) is 0 Å². The Labute approximate surface area is 201 Å². The first-order chi connectivity index (χ1) is 15.0. The van der Waals surface area contributed by atoms with Crippen LogP contribution in [0.5, 0.6) is 0 Å². The van der Waals surface area contributed by atoms with Crippen molar-refractivity contribution in [3.8, 4) is 0 Å². The number of aliphatic hydroxyl groups is 2. The largest absolute Gasteiger partial charge is 0.481 e. The summed E-state index contributed by atoms with van der Waals surface area (Å²) in [4.78, 5) is 12.0. The molecule has 0 amide bonds. The third-order valence-electron chi connectivity index (χ3n) is 6.23. The average Bonchev–Trinajstić information content (AvgIpc) is 2.99. The summed E-state index contributed by atoms with van der Waals surface area (Å²) < 4.78 is 0. The van der Waals surface area contributed by atoms with Gasteiger partial charge in [0.25, 0.3) is 0 Å². The molecule has 0 bridgehead atoms. The molecular weight excluding hydrogens is 420 g/mol. The van der Waals surface area contributed by atoms with Crippen molar-refractivity contribution in [2.24, 2.45) is 17.3 Å². The maximum Gasteiger partial charge on any atom is 0.303 e. The molecule has 0 aliphatic heterocycles. The minimum Gasteiger partial charge on any atom is -0.481 e. The number of carbonyl (C=O) groups is 1. The number of carboxylic acids is 1. The summed E-state index contributed by atoms with van der Waals surface area (Å²) in [6.45, 7) is 11.2. The SMILES string of the molecule is CCCC[C@@H](C)C[C@H](O)/C=C/[C@@H]1C(SCCCCCC(=O)O)=C(CCC(C)(C)C)C[C@H]1O. The van der Waals surface area contributed by atoms with Gasteiger partial charge in [0.1, 0.15) is 0 Å². The summed E-state index contributed by atoms with van der Waals surface area (Å²) in [6, 6.07) is 0. The summed E-state index contributed by atoms with van der Waals surface area (Å²) in [5.41, 5.74) is 1.62. The lowest BCUT2D eigenvalue weighted by Gasteiger charge is -2.19. The van der Waals surface area contributed by atoms with E-state index in [1.807, 2.05) is 23.9 Å². The van der Waals surface area contributed by atoms with Gasteiger partial charge in [-0.15, -0.1) is 11.8 Å². The molecule has 1 rings (SSSR count). The highest BCUT2D eigenvalue weighted by Crippen LogP contribution is 2.43. The van der Waals surface area contributed by atoms with Crippen LogP contribution in [-0.4, -0.2) is 39.2 Å². The van der Waals surface area contributed by atoms with Crippen LogP contribution in [0.3, 0.4) is 0 Å². The first-order valence-corrected chi connectivity index (χ1v) is 13.6. The van der Waals surface area contributed by atoms with Gasteiger partial charge in [0.2, 0.25) is 0 Å². The van der Waals surface area contributed by atoms with Crippen molar-refractivity contribution < 1.29 is 20.1 Å². The zero-order chi connectivity index (χ0) is 24.1. The Kier molecular flexibility index (Phi) is 13.9. The standard InChI is InChI=1S/C27H48O4S/c1-6-7-11-20(2)18-22(28)13-14-23-24(29)19-21(15-16-27(3,4)5)26(23)32-17-10-8-9-12-25(30)31/h13-14,20,22-24,28-29H,6-12,15-19H2,1-5H3,(H,30,31)/b14-13+/t20-,22-,23+,24-/m1/s1. The van der Waals surface area contributed by atoms with Crippen LogP contribution in [-0.2, 0) is 4.79 Å².